The van der Waals surface area contributed by atoms with Gasteiger partial charge in [-0.25, -0.2) is 8.78 Å². The van der Waals surface area contributed by atoms with Gasteiger partial charge in [-0.1, -0.05) is 24.3 Å². The molecule has 0 fully saturated rings. The topological polar surface area (TPSA) is 46.7 Å². The Morgan fingerprint density at radius 3 is 1.24 bits per heavy atom. The van der Waals surface area contributed by atoms with Crippen LogP contribution < -0.4 is 14.2 Å². The molecule has 1 N–H and O–H groups in total. The largest absolute Gasteiger partial charge is 0.497 e. The van der Waals surface area contributed by atoms with E-state index in [1.807, 2.05) is 24.3 Å². The average molecular weight is 1210 g/mol. The number of H-pyrrole nitrogens is 1. The van der Waals surface area contributed by atoms with Gasteiger partial charge in [0.05, 0.1) is 20.3 Å². The first-order valence-electron chi connectivity index (χ1n) is 33.8. The van der Waals surface area contributed by atoms with E-state index in [0.717, 1.165) is 59.9 Å². The Morgan fingerprint density at radius 1 is 0.441 bits per heavy atom. The Bertz CT molecular complexity index is 3220. The lowest BCUT2D eigenvalue weighted by atomic mass is 8.22. The van der Waals surface area contributed by atoms with E-state index >= 15 is 0 Å². The number of hydrogen-bond donors (Lipinski definition) is 1. The van der Waals surface area contributed by atoms with E-state index in [2.05, 4.69) is 34.1 Å². The molecule has 63 radical (unpaired) electrons. The molecule has 0 bridgehead atoms. The molecule has 0 saturated carbocycles. The summed E-state index contributed by atoms with van der Waals surface area (Å²) >= 11 is 0. The highest BCUT2D eigenvalue weighted by molar-refractivity contribution is 8.38. The Kier molecular flexibility index (Phi) is 36.1. The van der Waals surface area contributed by atoms with Crippen LogP contribution in [0.1, 0.15) is 45.6 Å². The van der Waals surface area contributed by atoms with Gasteiger partial charge in [0.15, 0.2) is 11.5 Å². The van der Waals surface area contributed by atoms with Crippen LogP contribution >= 0.6 is 0 Å². The van der Waals surface area contributed by atoms with E-state index in [-0.39, 0.29) is 30.3 Å². The molecule has 102 heavy (non-hydrogen) atoms. The van der Waals surface area contributed by atoms with Gasteiger partial charge in [-0.05, 0) is 95.3 Å². The van der Waals surface area contributed by atoms with E-state index in [9.17, 15) is 8.78 Å². The number of nitrogens with zero attached hydrogens (tertiary/aromatic N) is 1. The van der Waals surface area contributed by atoms with Crippen molar-refractivity contribution in [1.82, 2.24) is 9.88 Å². The number of aromatic amines is 1. The second-order valence-corrected chi connectivity index (χ2v) is 27.6. The average Bonchev–Trinajstić information content (AvgIpc) is 1.11. The third kappa shape index (κ3) is 21.4. The molecule has 2 aliphatic rings. The van der Waals surface area contributed by atoms with Crippen LogP contribution in [0.15, 0.2) is 78.9 Å². The second-order valence-electron chi connectivity index (χ2n) is 27.6. The van der Waals surface area contributed by atoms with Crippen molar-refractivity contribution in [2.75, 3.05) is 20.8 Å². The fourth-order valence-corrected chi connectivity index (χ4v) is 17.0. The van der Waals surface area contributed by atoms with Crippen LogP contribution in [-0.4, -0.2) is 463 Å². The van der Waals surface area contributed by atoms with Gasteiger partial charge in [-0.2, -0.15) is 0 Å². The lowest BCUT2D eigenvalue weighted by molar-refractivity contribution is 0.127. The number of hydrogen-bond acceptors (Lipinski definition) is 4. The third-order valence-electron chi connectivity index (χ3n) is 21.1. The maximum Gasteiger partial charge on any atom is 0.161 e. The molecule has 4 aromatic carbocycles. The zero-order chi connectivity index (χ0) is 76.5. The fourth-order valence-electron chi connectivity index (χ4n) is 17.0. The van der Waals surface area contributed by atoms with Crippen LogP contribution in [0, 0.1) is 11.6 Å². The summed E-state index contributed by atoms with van der Waals surface area (Å²) in [6.45, 7) is 1.07. The zero-order valence-corrected chi connectivity index (χ0v) is 58.1. The first-order chi connectivity index (χ1) is 47.8. The van der Waals surface area contributed by atoms with Gasteiger partial charge < -0.3 is 19.2 Å². The van der Waals surface area contributed by atoms with Crippen LogP contribution in [0.4, 0.5) is 8.78 Å². The first-order valence-corrected chi connectivity index (χ1v) is 33.8. The maximum atomic E-state index is 14.0. The fraction of sp³-hybridized carbons (Fsp3) is 0.235. The van der Waals surface area contributed by atoms with Crippen LogP contribution in [0.25, 0.3) is 10.9 Å². The van der Waals surface area contributed by atoms with Crippen molar-refractivity contribution < 1.29 is 23.0 Å². The summed E-state index contributed by atoms with van der Waals surface area (Å²) in [5.74, 6) is 1.57. The van der Waals surface area contributed by atoms with Gasteiger partial charge in [0.1, 0.15) is 24.0 Å². The van der Waals surface area contributed by atoms with Gasteiger partial charge in [0.2, 0.25) is 0 Å². The summed E-state index contributed by atoms with van der Waals surface area (Å²) < 4.78 is 45.2. The van der Waals surface area contributed by atoms with Crippen molar-refractivity contribution in [2.45, 2.75) is 31.5 Å². The number of benzene rings is 4. The highest BCUT2D eigenvalue weighted by Gasteiger charge is 2.63. The number of methoxy groups -OCH3 is 2. The molecule has 0 saturated heterocycles. The van der Waals surface area contributed by atoms with E-state index in [1.54, 1.807) is 20.3 Å². The van der Waals surface area contributed by atoms with Crippen LogP contribution in [-0.2, 0) is 19.4 Å². The predicted octanol–water partition coefficient (Wildman–Crippen LogP) is -15.9. The summed E-state index contributed by atoms with van der Waals surface area (Å²) in [5.41, 5.74) is 7.64. The van der Waals surface area contributed by atoms with Gasteiger partial charge in [0, 0.05) is 461 Å². The SMILES string of the molecule is COc1ccc2[nH]c3c(c2c1)CC1c2cc(OC)c(OCc4cccc(F)c4)cc2CCN1C3c1ccc(F)cc1.[B][B]B(B([B])[B])B(B(B([B])[B])B([B])[B])B(B(B(B([B])[B])B([B])[B])B(B([B])[B])B([B])[B])B(B(B(B([B])[B])B([B])[B])B(B([B])[B])B([B])[B])B(B(B([B])[B])B([B])[B])B(B([B])[B])B([B])[B]. The van der Waals surface area contributed by atoms with Gasteiger partial charge >= 0.3 is 0 Å². The summed E-state index contributed by atoms with van der Waals surface area (Å²) in [6, 6.07) is 23.6. The molecule has 391 valence electrons. The van der Waals surface area contributed by atoms with E-state index in [0.29, 0.717) is 11.5 Å². The zero-order valence-electron chi connectivity index (χ0n) is 58.1. The summed E-state index contributed by atoms with van der Waals surface area (Å²) in [4.78, 5) is 6.20. The molecule has 2 atom stereocenters. The number of halogens is 2. The minimum Gasteiger partial charge on any atom is -0.497 e. The highest BCUT2D eigenvalue weighted by Crippen LogP contribution is 2.50. The van der Waals surface area contributed by atoms with Crippen LogP contribution in [0.2, 0.25) is 0 Å². The van der Waals surface area contributed by atoms with Crippen LogP contribution in [0.3, 0.4) is 0 Å². The Hall–Kier alpha value is -0.399. The van der Waals surface area contributed by atoms with Crippen molar-refractivity contribution in [3.05, 3.63) is 124 Å². The Labute approximate surface area is 663 Å². The molecule has 5 nitrogen and oxygen atoms in total. The van der Waals surface area contributed by atoms with E-state index in [4.69, 9.17) is 254 Å². The molecular formula is C34H30B61F2N2O3. The maximum absolute atomic E-state index is 14.0. The van der Waals surface area contributed by atoms with Crippen molar-refractivity contribution in [2.24, 2.45) is 0 Å². The van der Waals surface area contributed by atoms with Crippen molar-refractivity contribution in [1.29, 1.82) is 0 Å². The normalized spacial score (nSPS) is 13.0. The first kappa shape index (κ1) is 90.5. The monoisotopic (exact) mass is 1220 g/mol. The lowest BCUT2D eigenvalue weighted by Crippen LogP contribution is -2.97. The van der Waals surface area contributed by atoms with Crippen molar-refractivity contribution in [3.8, 4) is 17.2 Å². The molecule has 1 aromatic heterocycles. The number of rotatable bonds is 35. The van der Waals surface area contributed by atoms with Crippen LogP contribution in [0.5, 0.6) is 17.2 Å². The summed E-state index contributed by atoms with van der Waals surface area (Å²) in [6.07, 6.45) is -39.5. The smallest absolute Gasteiger partial charge is 0.161 e. The standard InChI is InChI=1S/C34H30F2N2O3.B61/c1-39-25-10-11-29-27(16-25)28-17-30-26-18-31(40-2)32(41-19-20-4-3-5-24(36)14-20)15-22(26)12-13-38(30)34(33(28)37-29)21-6-8-23(35)9-7-21;1-32-48(33(2)3)56(49(34(4)5)35(6)7)60(57(50(36(8)9)37(10)11)51(38(12)13)39(14)15)61(58(52(40(16)17)41(18)19)53(42(20)21)43(22)23)59(54(44(24)25)45(26)27)55(46(28)29)47(30)31/h3-11,14-16,18,30,34,37H,12-13,17,19H2,1-2H3;. The molecule has 2 unspecified atom stereocenters. The molecule has 0 spiro atoms. The molecular weight excluding hydrogens is 1180 g/mol. The summed E-state index contributed by atoms with van der Waals surface area (Å²) in [7, 11) is 209. The highest BCUT2D eigenvalue weighted by atomic mass is 19.1. The second kappa shape index (κ2) is 40.7. The third-order valence-corrected chi connectivity index (χ3v) is 21.1. The molecule has 0 aliphatic carbocycles. The predicted molar refractivity (Wildman–Crippen MR) is 505 cm³/mol. The number of nitrogens with one attached hydrogen (secondary N) is 1. The number of aromatic nitrogens is 1. The molecule has 7 rings (SSSR count). The van der Waals surface area contributed by atoms with E-state index < -0.39 is 185 Å². The Morgan fingerprint density at radius 2 is 0.853 bits per heavy atom. The number of ether oxygens (including phenoxy) is 3. The Balaban J connectivity index is 0.000000341. The molecule has 3 heterocycles. The molecule has 68 heteroatoms. The molecule has 0 amide bonds. The van der Waals surface area contributed by atoms with E-state index in [1.165, 1.54) is 41.0 Å². The minimum absolute atomic E-state index is 0.0641. The lowest BCUT2D eigenvalue weighted by Gasteiger charge is -2.59. The minimum atomic E-state index is -1.51. The molecule has 2 aliphatic heterocycles. The summed E-state index contributed by atoms with van der Waals surface area (Å²) in [5, 5.41) is 1.14. The number of fused-ring (bicyclic) bond motifs is 6. The van der Waals surface area contributed by atoms with Crippen molar-refractivity contribution in [3.63, 3.8) is 0 Å². The van der Waals surface area contributed by atoms with Gasteiger partial charge in [-0.3, -0.25) is 4.90 Å². The quantitative estimate of drug-likeness (QED) is 0.0411. The van der Waals surface area contributed by atoms with Gasteiger partial charge in [-0.15, -0.1) is 0 Å². The molecule has 5 aromatic rings. The van der Waals surface area contributed by atoms with Crippen molar-refractivity contribution >= 4 is 443 Å². The van der Waals surface area contributed by atoms with Gasteiger partial charge in [0.25, 0.3) is 0 Å².